The van der Waals surface area contributed by atoms with E-state index in [4.69, 9.17) is 25.8 Å². The highest BCUT2D eigenvalue weighted by atomic mass is 35.5. The summed E-state index contributed by atoms with van der Waals surface area (Å²) < 4.78 is 16.8. The monoisotopic (exact) mass is 334 g/mol. The molecule has 0 fully saturated rings. The number of hydrogen-bond donors (Lipinski definition) is 1. The van der Waals surface area contributed by atoms with Gasteiger partial charge in [0.15, 0.2) is 0 Å². The van der Waals surface area contributed by atoms with E-state index in [9.17, 15) is 0 Å². The largest absolute Gasteiger partial charge is 0.497 e. The number of nitrogens with one attached hydrogen (secondary N) is 1. The van der Waals surface area contributed by atoms with Crippen LogP contribution < -0.4 is 9.47 Å². The maximum Gasteiger partial charge on any atom is 0.138 e. The summed E-state index contributed by atoms with van der Waals surface area (Å²) in [6.07, 6.45) is 9.37. The third-order valence-corrected chi connectivity index (χ3v) is 3.93. The number of ether oxygens (including phenoxy) is 3. The van der Waals surface area contributed by atoms with Crippen molar-refractivity contribution in [3.8, 4) is 11.5 Å². The molecular weight excluding hydrogens is 316 g/mol. The van der Waals surface area contributed by atoms with Crippen molar-refractivity contribution in [2.45, 2.75) is 25.0 Å². The van der Waals surface area contributed by atoms with Gasteiger partial charge in [-0.15, -0.1) is 0 Å². The van der Waals surface area contributed by atoms with Crippen LogP contribution in [-0.4, -0.2) is 35.9 Å². The minimum atomic E-state index is 0.0620. The first-order chi connectivity index (χ1) is 11.2. The third-order valence-electron chi connectivity index (χ3n) is 3.64. The normalized spacial score (nSPS) is 19.9. The lowest BCUT2D eigenvalue weighted by molar-refractivity contribution is 0.0475. The lowest BCUT2D eigenvalue weighted by atomic mass is 10.2. The van der Waals surface area contributed by atoms with E-state index in [1.54, 1.807) is 19.4 Å². The summed E-state index contributed by atoms with van der Waals surface area (Å²) >= 11 is 6.15. The molecule has 6 heteroatoms. The third kappa shape index (κ3) is 4.27. The van der Waals surface area contributed by atoms with Gasteiger partial charge in [-0.1, -0.05) is 23.8 Å². The molecule has 0 unspecified atom stereocenters. The van der Waals surface area contributed by atoms with Gasteiger partial charge in [0.1, 0.15) is 17.3 Å². The number of rotatable bonds is 7. The standard InChI is InChI=1S/C17H19ClN2O3/c1-21-13-4-5-16(15(18)10-13)22-9-6-12-2-3-14(23-12)11-17-19-7-8-20-17/h2-5,7-8,10,12,14H,6,9,11H2,1H3,(H,19,20)/t12-,14-/m1/s1. The van der Waals surface area contributed by atoms with Gasteiger partial charge in [0.25, 0.3) is 0 Å². The minimum absolute atomic E-state index is 0.0620. The predicted octanol–water partition coefficient (Wildman–Crippen LogP) is 3.41. The van der Waals surface area contributed by atoms with Gasteiger partial charge in [-0.2, -0.15) is 0 Å². The molecule has 3 rings (SSSR count). The van der Waals surface area contributed by atoms with Gasteiger partial charge in [0.05, 0.1) is 30.9 Å². The molecule has 23 heavy (non-hydrogen) atoms. The summed E-state index contributed by atoms with van der Waals surface area (Å²) in [6, 6.07) is 5.38. The molecule has 5 nitrogen and oxygen atoms in total. The van der Waals surface area contributed by atoms with Gasteiger partial charge < -0.3 is 19.2 Å². The van der Waals surface area contributed by atoms with Crippen molar-refractivity contribution >= 4 is 11.6 Å². The van der Waals surface area contributed by atoms with Crippen LogP contribution in [0, 0.1) is 0 Å². The maximum atomic E-state index is 6.15. The van der Waals surface area contributed by atoms with Crippen molar-refractivity contribution in [2.24, 2.45) is 0 Å². The van der Waals surface area contributed by atoms with Crippen LogP contribution >= 0.6 is 11.6 Å². The molecule has 0 bridgehead atoms. The molecule has 0 saturated heterocycles. The Balaban J connectivity index is 1.42. The van der Waals surface area contributed by atoms with Crippen molar-refractivity contribution in [1.29, 1.82) is 0 Å². The van der Waals surface area contributed by atoms with Gasteiger partial charge in [0.2, 0.25) is 0 Å². The van der Waals surface area contributed by atoms with Crippen LogP contribution in [-0.2, 0) is 11.2 Å². The van der Waals surface area contributed by atoms with Crippen LogP contribution in [0.3, 0.4) is 0 Å². The van der Waals surface area contributed by atoms with E-state index in [0.29, 0.717) is 23.1 Å². The van der Waals surface area contributed by atoms with Crippen LogP contribution in [0.15, 0.2) is 42.7 Å². The van der Waals surface area contributed by atoms with Crippen LogP contribution in [0.4, 0.5) is 0 Å². The zero-order valence-corrected chi connectivity index (χ0v) is 13.6. The van der Waals surface area contributed by atoms with E-state index in [-0.39, 0.29) is 12.2 Å². The predicted molar refractivity (Wildman–Crippen MR) is 88.2 cm³/mol. The van der Waals surface area contributed by atoms with E-state index in [0.717, 1.165) is 18.7 Å². The number of methoxy groups -OCH3 is 1. The first kappa shape index (κ1) is 15.9. The lowest BCUT2D eigenvalue weighted by Gasteiger charge is -2.14. The molecule has 1 N–H and O–H groups in total. The summed E-state index contributed by atoms with van der Waals surface area (Å²) in [4.78, 5) is 7.30. The molecule has 2 atom stereocenters. The summed E-state index contributed by atoms with van der Waals surface area (Å²) in [6.45, 7) is 0.536. The Kier molecular flexibility index (Phi) is 5.20. The van der Waals surface area contributed by atoms with E-state index in [1.165, 1.54) is 0 Å². The zero-order chi connectivity index (χ0) is 16.1. The topological polar surface area (TPSA) is 56.4 Å². The van der Waals surface area contributed by atoms with Gasteiger partial charge in [-0.25, -0.2) is 4.98 Å². The maximum absolute atomic E-state index is 6.15. The quantitative estimate of drug-likeness (QED) is 0.788. The molecule has 2 heterocycles. The fourth-order valence-electron chi connectivity index (χ4n) is 2.45. The van der Waals surface area contributed by atoms with Crippen molar-refractivity contribution in [1.82, 2.24) is 9.97 Å². The SMILES string of the molecule is COc1ccc(OCC[C@H]2C=C[C@H](Cc3ncc[nH]3)O2)c(Cl)c1. The van der Waals surface area contributed by atoms with E-state index >= 15 is 0 Å². The Hall–Kier alpha value is -1.98. The second kappa shape index (κ2) is 7.53. The van der Waals surface area contributed by atoms with E-state index in [2.05, 4.69) is 22.1 Å². The van der Waals surface area contributed by atoms with Gasteiger partial charge in [0, 0.05) is 31.3 Å². The summed E-state index contributed by atoms with van der Waals surface area (Å²) in [5.74, 6) is 2.30. The van der Waals surface area contributed by atoms with Gasteiger partial charge >= 0.3 is 0 Å². The number of halogens is 1. The molecule has 122 valence electrons. The van der Waals surface area contributed by atoms with Crippen LogP contribution in [0.1, 0.15) is 12.2 Å². The first-order valence-electron chi connectivity index (χ1n) is 7.53. The fourth-order valence-corrected chi connectivity index (χ4v) is 2.68. The number of nitrogens with zero attached hydrogens (tertiary/aromatic N) is 1. The average Bonchev–Trinajstić information content (AvgIpc) is 3.21. The van der Waals surface area contributed by atoms with Crippen LogP contribution in [0.5, 0.6) is 11.5 Å². The number of aromatic amines is 1. The molecule has 2 aromatic rings. The molecular formula is C17H19ClN2O3. The van der Waals surface area contributed by atoms with Crippen molar-refractivity contribution < 1.29 is 14.2 Å². The summed E-state index contributed by atoms with van der Waals surface area (Å²) in [5, 5.41) is 0.544. The molecule has 0 spiro atoms. The highest BCUT2D eigenvalue weighted by Gasteiger charge is 2.20. The average molecular weight is 335 g/mol. The second-order valence-corrected chi connectivity index (χ2v) is 5.68. The highest BCUT2D eigenvalue weighted by Crippen LogP contribution is 2.29. The second-order valence-electron chi connectivity index (χ2n) is 5.27. The smallest absolute Gasteiger partial charge is 0.138 e. The van der Waals surface area contributed by atoms with Crippen LogP contribution in [0.2, 0.25) is 5.02 Å². The Bertz CT molecular complexity index is 658. The van der Waals surface area contributed by atoms with Crippen LogP contribution in [0.25, 0.3) is 0 Å². The van der Waals surface area contributed by atoms with Crippen molar-refractivity contribution in [3.63, 3.8) is 0 Å². The molecule has 1 aromatic heterocycles. The number of aromatic nitrogens is 2. The number of imidazole rings is 1. The Morgan fingerprint density at radius 2 is 2.17 bits per heavy atom. The van der Waals surface area contributed by atoms with Gasteiger partial charge in [-0.3, -0.25) is 0 Å². The minimum Gasteiger partial charge on any atom is -0.497 e. The fraction of sp³-hybridized carbons (Fsp3) is 0.353. The summed E-state index contributed by atoms with van der Waals surface area (Å²) in [7, 11) is 1.61. The molecule has 0 amide bonds. The Morgan fingerprint density at radius 3 is 2.91 bits per heavy atom. The van der Waals surface area contributed by atoms with E-state index in [1.807, 2.05) is 18.3 Å². The number of H-pyrrole nitrogens is 1. The molecule has 0 aliphatic carbocycles. The number of benzene rings is 1. The molecule has 0 saturated carbocycles. The number of hydrogen-bond acceptors (Lipinski definition) is 4. The summed E-state index contributed by atoms with van der Waals surface area (Å²) in [5.41, 5.74) is 0. The Morgan fingerprint density at radius 1 is 1.30 bits per heavy atom. The van der Waals surface area contributed by atoms with E-state index < -0.39 is 0 Å². The molecule has 1 aromatic carbocycles. The van der Waals surface area contributed by atoms with Gasteiger partial charge in [-0.05, 0) is 12.1 Å². The first-order valence-corrected chi connectivity index (χ1v) is 7.91. The molecule has 1 aliphatic rings. The Labute approximate surface area is 140 Å². The molecule has 1 aliphatic heterocycles. The highest BCUT2D eigenvalue weighted by molar-refractivity contribution is 6.32. The molecule has 0 radical (unpaired) electrons. The zero-order valence-electron chi connectivity index (χ0n) is 12.9. The van der Waals surface area contributed by atoms with Crippen molar-refractivity contribution in [3.05, 3.63) is 53.6 Å². The lowest BCUT2D eigenvalue weighted by Crippen LogP contribution is -2.17. The van der Waals surface area contributed by atoms with Crippen molar-refractivity contribution in [2.75, 3.05) is 13.7 Å².